The molecule has 2 aromatic carbocycles. The number of halogens is 1. The van der Waals surface area contributed by atoms with Crippen molar-refractivity contribution in [3.63, 3.8) is 0 Å². The molecular weight excluding hydrogens is 420 g/mol. The molecule has 0 radical (unpaired) electrons. The van der Waals surface area contributed by atoms with Crippen molar-refractivity contribution in [3.8, 4) is 11.3 Å². The fourth-order valence-corrected chi connectivity index (χ4v) is 4.16. The van der Waals surface area contributed by atoms with Gasteiger partial charge in [-0.15, -0.1) is 17.9 Å². The number of nitrogens with one attached hydrogen (secondary N) is 1. The van der Waals surface area contributed by atoms with E-state index in [9.17, 15) is 0 Å². The summed E-state index contributed by atoms with van der Waals surface area (Å²) in [6.45, 7) is 4.31. The summed E-state index contributed by atoms with van der Waals surface area (Å²) in [4.78, 5) is 8.70. The summed E-state index contributed by atoms with van der Waals surface area (Å²) in [7, 11) is 0. The number of fused-ring (bicyclic) bond motifs is 1. The van der Waals surface area contributed by atoms with Crippen LogP contribution in [0.15, 0.2) is 87.3 Å². The lowest BCUT2D eigenvalue weighted by Gasteiger charge is -2.05. The van der Waals surface area contributed by atoms with E-state index in [0.717, 1.165) is 37.0 Å². The summed E-state index contributed by atoms with van der Waals surface area (Å²) in [6.07, 6.45) is 5.63. The number of hydrogen-bond acceptors (Lipinski definition) is 3. The fraction of sp³-hybridized carbons (Fsp3) is 0.0476. The van der Waals surface area contributed by atoms with E-state index in [0.29, 0.717) is 6.54 Å². The van der Waals surface area contributed by atoms with Crippen LogP contribution in [0.5, 0.6) is 0 Å². The summed E-state index contributed by atoms with van der Waals surface area (Å²) in [5.74, 6) is 0. The van der Waals surface area contributed by atoms with Crippen molar-refractivity contribution in [3.05, 3.63) is 87.6 Å². The molecule has 27 heavy (non-hydrogen) atoms. The van der Waals surface area contributed by atoms with Crippen molar-refractivity contribution in [2.45, 2.75) is 0 Å². The van der Waals surface area contributed by atoms with Crippen LogP contribution in [0.25, 0.3) is 22.2 Å². The minimum Gasteiger partial charge on any atom is -0.361 e. The minimum absolute atomic E-state index is 0.554. The molecule has 4 rings (SSSR count). The number of nitrogens with zero attached hydrogens (tertiary/aromatic N) is 3. The number of benzene rings is 2. The normalized spacial score (nSPS) is 12.3. The lowest BCUT2D eigenvalue weighted by atomic mass is 10.2. The molecule has 0 fully saturated rings. The highest BCUT2D eigenvalue weighted by Crippen LogP contribution is 2.28. The predicted molar refractivity (Wildman–Crippen MR) is 117 cm³/mol. The van der Waals surface area contributed by atoms with Crippen molar-refractivity contribution in [1.82, 2.24) is 9.66 Å². The lowest BCUT2D eigenvalue weighted by Crippen LogP contribution is -2.12. The molecule has 0 bridgehead atoms. The average Bonchev–Trinajstić information content (AvgIpc) is 3.29. The van der Waals surface area contributed by atoms with Gasteiger partial charge >= 0.3 is 0 Å². The average molecular weight is 437 g/mol. The van der Waals surface area contributed by atoms with Crippen LogP contribution in [0.3, 0.4) is 0 Å². The van der Waals surface area contributed by atoms with E-state index >= 15 is 0 Å². The Morgan fingerprint density at radius 1 is 1.15 bits per heavy atom. The van der Waals surface area contributed by atoms with Crippen LogP contribution in [0.1, 0.15) is 5.56 Å². The van der Waals surface area contributed by atoms with Crippen LogP contribution in [-0.4, -0.2) is 22.4 Å². The Bertz CT molecular complexity index is 1200. The first-order valence-corrected chi connectivity index (χ1v) is 10.1. The van der Waals surface area contributed by atoms with Crippen molar-refractivity contribution >= 4 is 44.4 Å². The summed E-state index contributed by atoms with van der Waals surface area (Å²) in [5, 5.41) is 7.98. The highest BCUT2D eigenvalue weighted by Gasteiger charge is 2.10. The van der Waals surface area contributed by atoms with E-state index in [1.165, 1.54) is 0 Å². The number of rotatable bonds is 5. The van der Waals surface area contributed by atoms with Crippen LogP contribution in [-0.2, 0) is 0 Å². The van der Waals surface area contributed by atoms with E-state index in [-0.39, 0.29) is 0 Å². The first-order chi connectivity index (χ1) is 13.3. The molecule has 6 heteroatoms. The standard InChI is InChI=1S/C21H17BrN4S/c1-2-11-23-21-26(20(14-27-21)17-8-3-5-9-18(17)22)25-13-15-12-24-19-10-6-4-7-16(15)19/h2-10,12-14,24H,1,11H2. The molecule has 4 aromatic rings. The van der Waals surface area contributed by atoms with Gasteiger partial charge in [0.05, 0.1) is 18.5 Å². The maximum absolute atomic E-state index is 4.76. The molecule has 2 aromatic heterocycles. The van der Waals surface area contributed by atoms with Gasteiger partial charge in [-0.25, -0.2) is 4.68 Å². The maximum Gasteiger partial charge on any atom is 0.206 e. The Morgan fingerprint density at radius 3 is 2.81 bits per heavy atom. The van der Waals surface area contributed by atoms with E-state index in [1.54, 1.807) is 17.4 Å². The van der Waals surface area contributed by atoms with Gasteiger partial charge in [-0.1, -0.05) is 58.4 Å². The molecular formula is C21H17BrN4S. The van der Waals surface area contributed by atoms with Crippen molar-refractivity contribution in [1.29, 1.82) is 0 Å². The first kappa shape index (κ1) is 17.7. The van der Waals surface area contributed by atoms with Crippen molar-refractivity contribution in [2.75, 3.05) is 6.54 Å². The SMILES string of the molecule is C=CCN=c1scc(-c2ccccc2Br)n1N=Cc1c[nH]c2ccccc12. The van der Waals surface area contributed by atoms with Gasteiger partial charge in [-0.2, -0.15) is 5.10 Å². The zero-order valence-electron chi connectivity index (χ0n) is 14.5. The monoisotopic (exact) mass is 436 g/mol. The third-order valence-electron chi connectivity index (χ3n) is 4.12. The molecule has 0 atom stereocenters. The molecule has 0 amide bonds. The lowest BCUT2D eigenvalue weighted by molar-refractivity contribution is 0.840. The van der Waals surface area contributed by atoms with Gasteiger partial charge in [0.1, 0.15) is 0 Å². The minimum atomic E-state index is 0.554. The molecule has 0 saturated carbocycles. The van der Waals surface area contributed by atoms with Gasteiger partial charge in [0.15, 0.2) is 0 Å². The second-order valence-corrected chi connectivity index (χ2v) is 7.55. The predicted octanol–water partition coefficient (Wildman–Crippen LogP) is 5.43. The van der Waals surface area contributed by atoms with Crippen LogP contribution < -0.4 is 4.80 Å². The summed E-state index contributed by atoms with van der Waals surface area (Å²) < 4.78 is 2.91. The summed E-state index contributed by atoms with van der Waals surface area (Å²) in [6, 6.07) is 16.3. The number of H-pyrrole nitrogens is 1. The van der Waals surface area contributed by atoms with E-state index in [2.05, 4.69) is 56.1 Å². The molecule has 134 valence electrons. The van der Waals surface area contributed by atoms with Crippen molar-refractivity contribution in [2.24, 2.45) is 10.1 Å². The second-order valence-electron chi connectivity index (χ2n) is 5.86. The maximum atomic E-state index is 4.76. The molecule has 1 N–H and O–H groups in total. The third kappa shape index (κ3) is 3.59. The number of hydrogen-bond donors (Lipinski definition) is 1. The van der Waals surface area contributed by atoms with Crippen LogP contribution in [0.4, 0.5) is 0 Å². The number of aromatic nitrogens is 2. The summed E-state index contributed by atoms with van der Waals surface area (Å²) in [5.41, 5.74) is 4.20. The quantitative estimate of drug-likeness (QED) is 0.320. The Labute approximate surface area is 169 Å². The van der Waals surface area contributed by atoms with Gasteiger partial charge in [0.2, 0.25) is 4.80 Å². The molecule has 0 spiro atoms. The first-order valence-electron chi connectivity index (χ1n) is 8.45. The molecule has 0 aliphatic rings. The molecule has 0 unspecified atom stereocenters. The molecule has 0 saturated heterocycles. The number of aromatic amines is 1. The van der Waals surface area contributed by atoms with Gasteiger partial charge in [-0.3, -0.25) is 4.99 Å². The largest absolute Gasteiger partial charge is 0.361 e. The Balaban J connectivity index is 1.84. The second kappa shape index (κ2) is 7.90. The summed E-state index contributed by atoms with van der Waals surface area (Å²) >= 11 is 5.21. The smallest absolute Gasteiger partial charge is 0.206 e. The molecule has 0 aliphatic carbocycles. The molecule has 0 aliphatic heterocycles. The van der Waals surface area contributed by atoms with E-state index < -0.39 is 0 Å². The van der Waals surface area contributed by atoms with Crippen LogP contribution >= 0.6 is 27.3 Å². The molecule has 4 nitrogen and oxygen atoms in total. The Kier molecular flexibility index (Phi) is 5.18. The highest BCUT2D eigenvalue weighted by molar-refractivity contribution is 9.10. The zero-order chi connectivity index (χ0) is 18.6. The Morgan fingerprint density at radius 2 is 1.96 bits per heavy atom. The Hall–Kier alpha value is -2.70. The van der Waals surface area contributed by atoms with Gasteiger partial charge in [0.25, 0.3) is 0 Å². The van der Waals surface area contributed by atoms with Gasteiger partial charge in [-0.05, 0) is 12.1 Å². The van der Waals surface area contributed by atoms with Crippen LogP contribution in [0, 0.1) is 0 Å². The number of para-hydroxylation sites is 1. The molecule has 2 heterocycles. The van der Waals surface area contributed by atoms with Gasteiger partial charge in [0, 0.05) is 38.1 Å². The topological polar surface area (TPSA) is 45.4 Å². The third-order valence-corrected chi connectivity index (χ3v) is 5.67. The van der Waals surface area contributed by atoms with Gasteiger partial charge < -0.3 is 4.98 Å². The highest BCUT2D eigenvalue weighted by atomic mass is 79.9. The van der Waals surface area contributed by atoms with Crippen LogP contribution in [0.2, 0.25) is 0 Å². The van der Waals surface area contributed by atoms with E-state index in [4.69, 9.17) is 5.10 Å². The fourth-order valence-electron chi connectivity index (χ4n) is 2.84. The van der Waals surface area contributed by atoms with Crippen molar-refractivity contribution < 1.29 is 0 Å². The number of thiazole rings is 1. The van der Waals surface area contributed by atoms with E-state index in [1.807, 2.05) is 47.4 Å². The zero-order valence-corrected chi connectivity index (χ0v) is 16.9.